The van der Waals surface area contributed by atoms with Gasteiger partial charge in [-0.15, -0.1) is 0 Å². The Bertz CT molecular complexity index is 670. The number of methoxy groups -OCH3 is 1. The zero-order chi connectivity index (χ0) is 15.9. The number of carbonyl (C=O) groups is 1. The summed E-state index contributed by atoms with van der Waals surface area (Å²) < 4.78 is 6.71. The van der Waals surface area contributed by atoms with Crippen molar-refractivity contribution in [3.63, 3.8) is 0 Å². The highest BCUT2D eigenvalue weighted by Gasteiger charge is 2.15. The van der Waals surface area contributed by atoms with Gasteiger partial charge < -0.3 is 10.1 Å². The quantitative estimate of drug-likeness (QED) is 0.887. The first-order valence-corrected chi connectivity index (χ1v) is 7.08. The Morgan fingerprint density at radius 2 is 2.14 bits per heavy atom. The Morgan fingerprint density at radius 1 is 1.41 bits per heavy atom. The van der Waals surface area contributed by atoms with Crippen molar-refractivity contribution in [2.75, 3.05) is 7.11 Å². The van der Waals surface area contributed by atoms with Gasteiger partial charge in [-0.25, -0.2) is 4.68 Å². The van der Waals surface area contributed by atoms with Gasteiger partial charge in [0.2, 0.25) is 0 Å². The molecule has 0 saturated heterocycles. The summed E-state index contributed by atoms with van der Waals surface area (Å²) in [6.45, 7) is 1.97. The van der Waals surface area contributed by atoms with Crippen LogP contribution in [0.1, 0.15) is 30.3 Å². The second kappa shape index (κ2) is 7.27. The first-order valence-electron chi connectivity index (χ1n) is 7.08. The summed E-state index contributed by atoms with van der Waals surface area (Å²) in [5.41, 5.74) is 1.11. The smallest absolute Gasteiger partial charge is 0.272 e. The fourth-order valence-electron chi connectivity index (χ4n) is 2.01. The van der Waals surface area contributed by atoms with Crippen molar-refractivity contribution in [1.29, 1.82) is 5.26 Å². The highest BCUT2D eigenvalue weighted by molar-refractivity contribution is 5.92. The minimum absolute atomic E-state index is 0.284. The number of nitriles is 1. The number of hydrogen-bond donors (Lipinski definition) is 1. The average molecular weight is 298 g/mol. The lowest BCUT2D eigenvalue weighted by atomic mass is 10.2. The lowest BCUT2D eigenvalue weighted by Gasteiger charge is -2.08. The lowest BCUT2D eigenvalue weighted by Crippen LogP contribution is -2.33. The number of carbonyl (C=O) groups excluding carboxylic acids is 1. The second-order valence-corrected chi connectivity index (χ2v) is 4.79. The normalized spacial score (nSPS) is 11.5. The zero-order valence-corrected chi connectivity index (χ0v) is 12.6. The van der Waals surface area contributed by atoms with Crippen LogP contribution in [0.4, 0.5) is 0 Å². The SMILES string of the molecule is CCCC(C#N)NC(=O)c1ccn(-c2ccc(OC)cc2)n1. The molecule has 0 aliphatic rings. The third-order valence-corrected chi connectivity index (χ3v) is 3.20. The van der Waals surface area contributed by atoms with Gasteiger partial charge in [0, 0.05) is 6.20 Å². The molecule has 0 saturated carbocycles. The number of benzene rings is 1. The predicted octanol–water partition coefficient (Wildman–Crippen LogP) is 2.30. The fourth-order valence-corrected chi connectivity index (χ4v) is 2.01. The van der Waals surface area contributed by atoms with Crippen molar-refractivity contribution in [1.82, 2.24) is 15.1 Å². The summed E-state index contributed by atoms with van der Waals surface area (Å²) in [5.74, 6) is 0.414. The number of hydrogen-bond acceptors (Lipinski definition) is 4. The fraction of sp³-hybridized carbons (Fsp3) is 0.312. The molecule has 0 radical (unpaired) electrons. The molecule has 2 rings (SSSR count). The number of ether oxygens (including phenoxy) is 1. The molecule has 22 heavy (non-hydrogen) atoms. The number of amides is 1. The molecule has 0 aliphatic carbocycles. The summed E-state index contributed by atoms with van der Waals surface area (Å²) in [4.78, 5) is 12.1. The van der Waals surface area contributed by atoms with Crippen LogP contribution in [0.15, 0.2) is 36.5 Å². The van der Waals surface area contributed by atoms with E-state index in [-0.39, 0.29) is 11.6 Å². The molecule has 1 N–H and O–H groups in total. The van der Waals surface area contributed by atoms with Gasteiger partial charge in [0.25, 0.3) is 5.91 Å². The minimum atomic E-state index is -0.483. The summed E-state index contributed by atoms with van der Waals surface area (Å²) >= 11 is 0. The van der Waals surface area contributed by atoms with Crippen molar-refractivity contribution < 1.29 is 9.53 Å². The monoisotopic (exact) mass is 298 g/mol. The van der Waals surface area contributed by atoms with E-state index in [9.17, 15) is 4.79 Å². The van der Waals surface area contributed by atoms with Crippen LogP contribution in [-0.4, -0.2) is 28.8 Å². The van der Waals surface area contributed by atoms with Gasteiger partial charge in [0.05, 0.1) is 18.9 Å². The Hall–Kier alpha value is -2.81. The predicted molar refractivity (Wildman–Crippen MR) is 81.9 cm³/mol. The minimum Gasteiger partial charge on any atom is -0.497 e. The topological polar surface area (TPSA) is 79.9 Å². The molecule has 1 aromatic heterocycles. The molecule has 1 aromatic carbocycles. The number of aromatic nitrogens is 2. The van der Waals surface area contributed by atoms with Crippen molar-refractivity contribution >= 4 is 5.91 Å². The first-order chi connectivity index (χ1) is 10.7. The van der Waals surface area contributed by atoms with Gasteiger partial charge in [-0.05, 0) is 36.8 Å². The summed E-state index contributed by atoms with van der Waals surface area (Å²) in [7, 11) is 1.60. The molecule has 1 heterocycles. The third kappa shape index (κ3) is 3.64. The number of nitrogens with one attached hydrogen (secondary N) is 1. The molecular weight excluding hydrogens is 280 g/mol. The lowest BCUT2D eigenvalue weighted by molar-refractivity contribution is 0.0938. The number of nitrogens with zero attached hydrogens (tertiary/aromatic N) is 3. The molecule has 1 atom stereocenters. The Balaban J connectivity index is 2.10. The molecule has 114 valence electrons. The van der Waals surface area contributed by atoms with Crippen LogP contribution in [0.2, 0.25) is 0 Å². The highest BCUT2D eigenvalue weighted by Crippen LogP contribution is 2.14. The van der Waals surface area contributed by atoms with E-state index in [0.29, 0.717) is 6.42 Å². The van der Waals surface area contributed by atoms with E-state index in [1.54, 1.807) is 24.1 Å². The van der Waals surface area contributed by atoms with E-state index in [1.165, 1.54) is 0 Å². The molecule has 2 aromatic rings. The largest absolute Gasteiger partial charge is 0.497 e. The highest BCUT2D eigenvalue weighted by atomic mass is 16.5. The average Bonchev–Trinajstić information content (AvgIpc) is 3.04. The molecule has 0 spiro atoms. The second-order valence-electron chi connectivity index (χ2n) is 4.79. The first kappa shape index (κ1) is 15.6. The molecule has 6 nitrogen and oxygen atoms in total. The van der Waals surface area contributed by atoms with Crippen molar-refractivity contribution in [2.24, 2.45) is 0 Å². The molecule has 0 fully saturated rings. The van der Waals surface area contributed by atoms with Crippen LogP contribution in [0, 0.1) is 11.3 Å². The molecule has 0 bridgehead atoms. The Morgan fingerprint density at radius 3 is 2.73 bits per heavy atom. The van der Waals surface area contributed by atoms with Gasteiger partial charge in [0.1, 0.15) is 11.8 Å². The summed E-state index contributed by atoms with van der Waals surface area (Å²) in [6.07, 6.45) is 3.16. The maximum Gasteiger partial charge on any atom is 0.272 e. The molecular formula is C16H18N4O2. The third-order valence-electron chi connectivity index (χ3n) is 3.20. The summed E-state index contributed by atoms with van der Waals surface area (Å²) in [5, 5.41) is 15.9. The summed E-state index contributed by atoms with van der Waals surface area (Å²) in [6, 6.07) is 10.6. The Kier molecular flexibility index (Phi) is 5.15. The van der Waals surface area contributed by atoms with E-state index in [4.69, 9.17) is 10.00 Å². The number of rotatable bonds is 6. The Labute approximate surface area is 129 Å². The van der Waals surface area contributed by atoms with Crippen LogP contribution in [0.5, 0.6) is 5.75 Å². The van der Waals surface area contributed by atoms with Crippen LogP contribution >= 0.6 is 0 Å². The van der Waals surface area contributed by atoms with E-state index in [1.807, 2.05) is 31.2 Å². The van der Waals surface area contributed by atoms with Gasteiger partial charge in [-0.1, -0.05) is 13.3 Å². The molecule has 0 aliphatic heterocycles. The van der Waals surface area contributed by atoms with Crippen LogP contribution in [0.25, 0.3) is 5.69 Å². The van der Waals surface area contributed by atoms with Crippen LogP contribution < -0.4 is 10.1 Å². The van der Waals surface area contributed by atoms with Gasteiger partial charge in [0.15, 0.2) is 5.69 Å². The van der Waals surface area contributed by atoms with E-state index in [0.717, 1.165) is 17.9 Å². The standard InChI is InChI=1S/C16H18N4O2/c1-3-4-12(11-17)18-16(21)15-9-10-20(19-15)13-5-7-14(22-2)8-6-13/h5-10,12H,3-4H2,1-2H3,(H,18,21). The van der Waals surface area contributed by atoms with Crippen molar-refractivity contribution in [3.8, 4) is 17.5 Å². The molecule has 1 unspecified atom stereocenters. The zero-order valence-electron chi connectivity index (χ0n) is 12.6. The van der Waals surface area contributed by atoms with E-state index < -0.39 is 6.04 Å². The maximum absolute atomic E-state index is 12.1. The van der Waals surface area contributed by atoms with E-state index >= 15 is 0 Å². The van der Waals surface area contributed by atoms with Crippen molar-refractivity contribution in [3.05, 3.63) is 42.2 Å². The van der Waals surface area contributed by atoms with Gasteiger partial charge in [-0.2, -0.15) is 10.4 Å². The van der Waals surface area contributed by atoms with E-state index in [2.05, 4.69) is 16.5 Å². The van der Waals surface area contributed by atoms with Gasteiger partial charge >= 0.3 is 0 Å². The molecule has 1 amide bonds. The van der Waals surface area contributed by atoms with Gasteiger partial charge in [-0.3, -0.25) is 4.79 Å². The molecule has 6 heteroatoms. The van der Waals surface area contributed by atoms with Crippen LogP contribution in [0.3, 0.4) is 0 Å². The maximum atomic E-state index is 12.1. The van der Waals surface area contributed by atoms with Crippen LogP contribution in [-0.2, 0) is 0 Å². The van der Waals surface area contributed by atoms with Crippen molar-refractivity contribution in [2.45, 2.75) is 25.8 Å².